The Morgan fingerprint density at radius 2 is 1.90 bits per heavy atom. The summed E-state index contributed by atoms with van der Waals surface area (Å²) in [6.45, 7) is 3.42. The second kappa shape index (κ2) is 4.93. The number of nitrogens with two attached hydrogens (primary N) is 1. The average Bonchev–Trinajstić information content (AvgIpc) is 3.13. The molecular formula is C16H22N2O2. The van der Waals surface area contributed by atoms with E-state index in [1.165, 1.54) is 37.9 Å². The quantitative estimate of drug-likeness (QED) is 0.917. The predicted octanol–water partition coefficient (Wildman–Crippen LogP) is 2.15. The SMILES string of the molecule is NCC(c1ccc2c(c1)OCO2)N1CC2CCCC2C1. The van der Waals surface area contributed by atoms with Crippen LogP contribution in [0.4, 0.5) is 0 Å². The maximum atomic E-state index is 6.07. The van der Waals surface area contributed by atoms with Gasteiger partial charge in [-0.05, 0) is 42.4 Å². The Balaban J connectivity index is 1.56. The molecule has 4 heteroatoms. The topological polar surface area (TPSA) is 47.7 Å². The maximum absolute atomic E-state index is 6.07. The van der Waals surface area contributed by atoms with E-state index in [0.29, 0.717) is 19.4 Å². The van der Waals surface area contributed by atoms with Crippen molar-refractivity contribution >= 4 is 0 Å². The average molecular weight is 274 g/mol. The van der Waals surface area contributed by atoms with Crippen molar-refractivity contribution in [3.8, 4) is 11.5 Å². The lowest BCUT2D eigenvalue weighted by atomic mass is 10.0. The van der Waals surface area contributed by atoms with E-state index in [1.54, 1.807) is 0 Å². The van der Waals surface area contributed by atoms with Gasteiger partial charge in [0.15, 0.2) is 11.5 Å². The molecule has 20 heavy (non-hydrogen) atoms. The summed E-state index contributed by atoms with van der Waals surface area (Å²) in [5, 5.41) is 0. The highest BCUT2D eigenvalue weighted by molar-refractivity contribution is 5.45. The Labute approximate surface area is 119 Å². The lowest BCUT2D eigenvalue weighted by Crippen LogP contribution is -2.32. The van der Waals surface area contributed by atoms with E-state index < -0.39 is 0 Å². The fourth-order valence-electron chi connectivity index (χ4n) is 4.14. The van der Waals surface area contributed by atoms with Gasteiger partial charge in [-0.25, -0.2) is 0 Å². The van der Waals surface area contributed by atoms with Gasteiger partial charge in [-0.1, -0.05) is 12.5 Å². The fraction of sp³-hybridized carbons (Fsp3) is 0.625. The Morgan fingerprint density at radius 3 is 2.65 bits per heavy atom. The molecule has 3 aliphatic rings. The van der Waals surface area contributed by atoms with Crippen LogP contribution in [0, 0.1) is 11.8 Å². The van der Waals surface area contributed by atoms with Crippen LogP contribution in [0.15, 0.2) is 18.2 Å². The van der Waals surface area contributed by atoms with Crippen LogP contribution in [0.2, 0.25) is 0 Å². The van der Waals surface area contributed by atoms with Gasteiger partial charge in [-0.3, -0.25) is 4.90 Å². The Morgan fingerprint density at radius 1 is 1.15 bits per heavy atom. The number of hydrogen-bond acceptors (Lipinski definition) is 4. The van der Waals surface area contributed by atoms with E-state index in [2.05, 4.69) is 17.0 Å². The van der Waals surface area contributed by atoms with Gasteiger partial charge in [0.2, 0.25) is 6.79 Å². The number of hydrogen-bond donors (Lipinski definition) is 1. The fourth-order valence-corrected chi connectivity index (χ4v) is 4.14. The summed E-state index contributed by atoms with van der Waals surface area (Å²) < 4.78 is 10.9. The molecule has 2 heterocycles. The third-order valence-corrected chi connectivity index (χ3v) is 5.20. The smallest absolute Gasteiger partial charge is 0.231 e. The first-order valence-electron chi connectivity index (χ1n) is 7.69. The molecule has 4 rings (SSSR count). The van der Waals surface area contributed by atoms with Crippen molar-refractivity contribution in [2.24, 2.45) is 17.6 Å². The minimum Gasteiger partial charge on any atom is -0.454 e. The predicted molar refractivity (Wildman–Crippen MR) is 76.8 cm³/mol. The number of likely N-dealkylation sites (tertiary alicyclic amines) is 1. The Kier molecular flexibility index (Phi) is 3.08. The van der Waals surface area contributed by atoms with Crippen LogP contribution < -0.4 is 15.2 Å². The first-order chi connectivity index (χ1) is 9.85. The molecule has 1 aromatic rings. The molecule has 1 saturated carbocycles. The molecule has 0 aromatic heterocycles. The lowest BCUT2D eigenvalue weighted by Gasteiger charge is -2.28. The zero-order valence-corrected chi connectivity index (χ0v) is 11.8. The van der Waals surface area contributed by atoms with Crippen LogP contribution in [-0.4, -0.2) is 31.3 Å². The van der Waals surface area contributed by atoms with Crippen LogP contribution in [0.3, 0.4) is 0 Å². The third kappa shape index (κ3) is 1.98. The van der Waals surface area contributed by atoms with Gasteiger partial charge in [-0.15, -0.1) is 0 Å². The standard InChI is InChI=1S/C16H22N2O2/c17-7-14(18-8-12-2-1-3-13(12)9-18)11-4-5-15-16(6-11)20-10-19-15/h4-6,12-14H,1-3,7-10,17H2. The highest BCUT2D eigenvalue weighted by Gasteiger charge is 2.38. The monoisotopic (exact) mass is 274 g/mol. The molecule has 0 radical (unpaired) electrons. The molecule has 3 unspecified atom stereocenters. The lowest BCUT2D eigenvalue weighted by molar-refractivity contribution is 0.173. The highest BCUT2D eigenvalue weighted by Crippen LogP contribution is 2.42. The number of fused-ring (bicyclic) bond motifs is 2. The van der Waals surface area contributed by atoms with Crippen molar-refractivity contribution in [2.75, 3.05) is 26.4 Å². The van der Waals surface area contributed by atoms with Gasteiger partial charge in [0.1, 0.15) is 0 Å². The number of ether oxygens (including phenoxy) is 2. The zero-order chi connectivity index (χ0) is 13.5. The summed E-state index contributed by atoms with van der Waals surface area (Å²) in [6.07, 6.45) is 4.22. The molecule has 1 aromatic carbocycles. The first kappa shape index (κ1) is 12.5. The highest BCUT2D eigenvalue weighted by atomic mass is 16.7. The minimum atomic E-state index is 0.315. The number of rotatable bonds is 3. The van der Waals surface area contributed by atoms with Gasteiger partial charge in [0.25, 0.3) is 0 Å². The molecule has 108 valence electrons. The van der Waals surface area contributed by atoms with Crippen LogP contribution in [0.1, 0.15) is 30.9 Å². The number of benzene rings is 1. The van der Waals surface area contributed by atoms with Crippen molar-refractivity contribution < 1.29 is 9.47 Å². The summed E-state index contributed by atoms with van der Waals surface area (Å²) in [5.74, 6) is 3.51. The second-order valence-corrected chi connectivity index (χ2v) is 6.27. The van der Waals surface area contributed by atoms with E-state index in [1.807, 2.05) is 6.07 Å². The van der Waals surface area contributed by atoms with Crippen LogP contribution in [0.5, 0.6) is 11.5 Å². The molecule has 1 saturated heterocycles. The minimum absolute atomic E-state index is 0.315. The van der Waals surface area contributed by atoms with Crippen LogP contribution in [0.25, 0.3) is 0 Å². The van der Waals surface area contributed by atoms with Crippen molar-refractivity contribution in [1.82, 2.24) is 4.90 Å². The van der Waals surface area contributed by atoms with Gasteiger partial charge < -0.3 is 15.2 Å². The molecule has 4 nitrogen and oxygen atoms in total. The summed E-state index contributed by atoms with van der Waals surface area (Å²) in [4.78, 5) is 2.58. The van der Waals surface area contributed by atoms with E-state index in [4.69, 9.17) is 15.2 Å². The third-order valence-electron chi connectivity index (χ3n) is 5.20. The van der Waals surface area contributed by atoms with Gasteiger partial charge in [0, 0.05) is 25.7 Å². The summed E-state index contributed by atoms with van der Waals surface area (Å²) >= 11 is 0. The molecule has 2 aliphatic heterocycles. The van der Waals surface area contributed by atoms with E-state index >= 15 is 0 Å². The van der Waals surface area contributed by atoms with E-state index in [-0.39, 0.29) is 0 Å². The van der Waals surface area contributed by atoms with Gasteiger partial charge in [0.05, 0.1) is 0 Å². The molecular weight excluding hydrogens is 252 g/mol. The van der Waals surface area contributed by atoms with Crippen LogP contribution in [-0.2, 0) is 0 Å². The van der Waals surface area contributed by atoms with Gasteiger partial charge >= 0.3 is 0 Å². The number of nitrogens with zero attached hydrogens (tertiary/aromatic N) is 1. The van der Waals surface area contributed by atoms with Crippen molar-refractivity contribution in [3.05, 3.63) is 23.8 Å². The normalized spacial score (nSPS) is 29.6. The molecule has 2 fully saturated rings. The van der Waals surface area contributed by atoms with Crippen LogP contribution >= 0.6 is 0 Å². The zero-order valence-electron chi connectivity index (χ0n) is 11.8. The Bertz CT molecular complexity index is 493. The van der Waals surface area contributed by atoms with E-state index in [0.717, 1.165) is 23.3 Å². The summed E-state index contributed by atoms with van der Waals surface area (Å²) in [6, 6.07) is 6.57. The molecule has 3 atom stereocenters. The van der Waals surface area contributed by atoms with E-state index in [9.17, 15) is 0 Å². The van der Waals surface area contributed by atoms with Crippen molar-refractivity contribution in [3.63, 3.8) is 0 Å². The van der Waals surface area contributed by atoms with Crippen molar-refractivity contribution in [1.29, 1.82) is 0 Å². The first-order valence-corrected chi connectivity index (χ1v) is 7.69. The van der Waals surface area contributed by atoms with Gasteiger partial charge in [-0.2, -0.15) is 0 Å². The molecule has 2 N–H and O–H groups in total. The maximum Gasteiger partial charge on any atom is 0.231 e. The molecule has 0 amide bonds. The molecule has 0 bridgehead atoms. The molecule has 1 aliphatic carbocycles. The largest absolute Gasteiger partial charge is 0.454 e. The van der Waals surface area contributed by atoms with Crippen molar-refractivity contribution in [2.45, 2.75) is 25.3 Å². The Hall–Kier alpha value is -1.26. The summed E-state index contributed by atoms with van der Waals surface area (Å²) in [5.41, 5.74) is 7.33. The summed E-state index contributed by atoms with van der Waals surface area (Å²) in [7, 11) is 0. The molecule has 0 spiro atoms. The second-order valence-electron chi connectivity index (χ2n) is 6.27.